The molecule has 3 rings (SSSR count). The minimum absolute atomic E-state index is 0.0552. The molecule has 0 spiro atoms. The number of amides is 2. The molecular weight excluding hydrogens is 332 g/mol. The number of benzene rings is 1. The normalized spacial score (nSPS) is 24.6. The first-order valence-electron chi connectivity index (χ1n) is 9.24. The molecule has 1 aromatic carbocycles. The van der Waals surface area contributed by atoms with Gasteiger partial charge in [-0.25, -0.2) is 0 Å². The van der Waals surface area contributed by atoms with Crippen LogP contribution in [0.15, 0.2) is 24.3 Å². The Morgan fingerprint density at radius 1 is 1.27 bits per heavy atom. The maximum atomic E-state index is 13.2. The highest BCUT2D eigenvalue weighted by atomic mass is 16.5. The van der Waals surface area contributed by atoms with E-state index in [1.54, 1.807) is 16.8 Å². The zero-order chi connectivity index (χ0) is 18.7. The molecular formula is C20H28N2O4. The van der Waals surface area contributed by atoms with Crippen LogP contribution in [-0.2, 0) is 19.1 Å². The van der Waals surface area contributed by atoms with E-state index in [2.05, 4.69) is 0 Å². The van der Waals surface area contributed by atoms with E-state index >= 15 is 0 Å². The van der Waals surface area contributed by atoms with Gasteiger partial charge in [0.15, 0.2) is 6.10 Å². The third kappa shape index (κ3) is 3.91. The number of nitrogens with zero attached hydrogens (tertiary/aromatic N) is 2. The van der Waals surface area contributed by atoms with E-state index in [1.807, 2.05) is 38.2 Å². The van der Waals surface area contributed by atoms with Crippen LogP contribution in [0.3, 0.4) is 0 Å². The first-order valence-corrected chi connectivity index (χ1v) is 9.24. The number of hydrogen-bond acceptors (Lipinski definition) is 4. The van der Waals surface area contributed by atoms with Gasteiger partial charge >= 0.3 is 0 Å². The average molecular weight is 360 g/mol. The standard InChI is InChI=1S/C20H28N2O4/c1-14-6-4-5-7-16(14)18-19(26-13-17(23)22(18)3)20(24)21(2)12-15-8-10-25-11-9-15/h4-7,15,18-19H,8-13H2,1-3H3/t18-,19+/m1/s1. The maximum absolute atomic E-state index is 13.2. The van der Waals surface area contributed by atoms with Crippen LogP contribution in [0.1, 0.15) is 30.0 Å². The van der Waals surface area contributed by atoms with Crippen molar-refractivity contribution >= 4 is 11.8 Å². The van der Waals surface area contributed by atoms with Gasteiger partial charge in [-0.15, -0.1) is 0 Å². The molecule has 0 aliphatic carbocycles. The fraction of sp³-hybridized carbons (Fsp3) is 0.600. The number of morpholine rings is 1. The van der Waals surface area contributed by atoms with Crippen LogP contribution in [0.2, 0.25) is 0 Å². The predicted molar refractivity (Wildman–Crippen MR) is 97.6 cm³/mol. The van der Waals surface area contributed by atoms with Gasteiger partial charge in [0.05, 0.1) is 6.04 Å². The summed E-state index contributed by atoms with van der Waals surface area (Å²) >= 11 is 0. The molecule has 0 radical (unpaired) electrons. The smallest absolute Gasteiger partial charge is 0.253 e. The van der Waals surface area contributed by atoms with Gasteiger partial charge in [0.2, 0.25) is 5.91 Å². The van der Waals surface area contributed by atoms with E-state index in [-0.39, 0.29) is 18.4 Å². The number of hydrogen-bond donors (Lipinski definition) is 0. The van der Waals surface area contributed by atoms with Crippen molar-refractivity contribution < 1.29 is 19.1 Å². The largest absolute Gasteiger partial charge is 0.381 e. The lowest BCUT2D eigenvalue weighted by molar-refractivity contribution is -0.167. The number of carbonyl (C=O) groups excluding carboxylic acids is 2. The lowest BCUT2D eigenvalue weighted by atomic mass is 9.93. The van der Waals surface area contributed by atoms with Crippen LogP contribution in [0.25, 0.3) is 0 Å². The summed E-state index contributed by atoms with van der Waals surface area (Å²) in [7, 11) is 3.58. The molecule has 0 N–H and O–H groups in total. The molecule has 0 saturated carbocycles. The monoisotopic (exact) mass is 360 g/mol. The third-order valence-electron chi connectivity index (χ3n) is 5.48. The number of likely N-dealkylation sites (N-methyl/N-ethyl adjacent to an activating group) is 2. The van der Waals surface area contributed by atoms with Crippen molar-refractivity contribution in [2.75, 3.05) is 40.5 Å². The van der Waals surface area contributed by atoms with Gasteiger partial charge in [0.25, 0.3) is 5.91 Å². The molecule has 0 unspecified atom stereocenters. The number of rotatable bonds is 4. The number of carbonyl (C=O) groups is 2. The Bertz CT molecular complexity index is 657. The summed E-state index contributed by atoms with van der Waals surface area (Å²) in [5.41, 5.74) is 2.01. The Kier molecular flexibility index (Phi) is 5.94. The number of ether oxygens (including phenoxy) is 2. The van der Waals surface area contributed by atoms with E-state index in [1.165, 1.54) is 0 Å². The SMILES string of the molecule is Cc1ccccc1[C@@H]1[C@@H](C(=O)N(C)CC2CCOCC2)OCC(=O)N1C. The van der Waals surface area contributed by atoms with Crippen molar-refractivity contribution in [3.05, 3.63) is 35.4 Å². The van der Waals surface area contributed by atoms with Crippen molar-refractivity contribution in [2.24, 2.45) is 5.92 Å². The van der Waals surface area contributed by atoms with Crippen LogP contribution < -0.4 is 0 Å². The van der Waals surface area contributed by atoms with Crippen molar-refractivity contribution in [3.8, 4) is 0 Å². The molecule has 2 fully saturated rings. The van der Waals surface area contributed by atoms with Crippen molar-refractivity contribution in [1.29, 1.82) is 0 Å². The van der Waals surface area contributed by atoms with E-state index in [0.717, 1.165) is 37.2 Å². The molecule has 0 aromatic heterocycles. The molecule has 2 heterocycles. The van der Waals surface area contributed by atoms with Gasteiger partial charge in [0.1, 0.15) is 6.61 Å². The molecule has 6 heteroatoms. The molecule has 2 amide bonds. The summed E-state index contributed by atoms with van der Waals surface area (Å²) in [6, 6.07) is 7.45. The van der Waals surface area contributed by atoms with Gasteiger partial charge < -0.3 is 19.3 Å². The van der Waals surface area contributed by atoms with E-state index < -0.39 is 12.1 Å². The van der Waals surface area contributed by atoms with Crippen molar-refractivity contribution in [2.45, 2.75) is 31.9 Å². The fourth-order valence-corrected chi connectivity index (χ4v) is 3.83. The molecule has 142 valence electrons. The first-order chi connectivity index (χ1) is 12.5. The molecule has 1 aromatic rings. The zero-order valence-electron chi connectivity index (χ0n) is 15.8. The number of aryl methyl sites for hydroxylation is 1. The van der Waals surface area contributed by atoms with Gasteiger partial charge in [0, 0.05) is 33.9 Å². The van der Waals surface area contributed by atoms with Gasteiger partial charge in [-0.2, -0.15) is 0 Å². The minimum atomic E-state index is -0.677. The Hall–Kier alpha value is -1.92. The second-order valence-electron chi connectivity index (χ2n) is 7.31. The van der Waals surface area contributed by atoms with E-state index in [9.17, 15) is 9.59 Å². The van der Waals surface area contributed by atoms with Crippen LogP contribution in [0, 0.1) is 12.8 Å². The maximum Gasteiger partial charge on any atom is 0.253 e. The highest BCUT2D eigenvalue weighted by molar-refractivity contribution is 5.86. The first kappa shape index (κ1) is 18.9. The van der Waals surface area contributed by atoms with E-state index in [0.29, 0.717) is 12.5 Å². The van der Waals surface area contributed by atoms with Gasteiger partial charge in [-0.1, -0.05) is 24.3 Å². The summed E-state index contributed by atoms with van der Waals surface area (Å²) in [6.07, 6.45) is 1.27. The molecule has 6 nitrogen and oxygen atoms in total. The topological polar surface area (TPSA) is 59.1 Å². The Balaban J connectivity index is 1.79. The van der Waals surface area contributed by atoms with Gasteiger partial charge in [-0.05, 0) is 36.8 Å². The Labute approximate surface area is 155 Å². The molecule has 26 heavy (non-hydrogen) atoms. The predicted octanol–water partition coefficient (Wildman–Crippen LogP) is 1.78. The quantitative estimate of drug-likeness (QED) is 0.821. The lowest BCUT2D eigenvalue weighted by Crippen LogP contribution is -2.54. The Morgan fingerprint density at radius 2 is 1.96 bits per heavy atom. The second-order valence-corrected chi connectivity index (χ2v) is 7.31. The third-order valence-corrected chi connectivity index (χ3v) is 5.48. The van der Waals surface area contributed by atoms with Crippen LogP contribution in [0.4, 0.5) is 0 Å². The van der Waals surface area contributed by atoms with Crippen molar-refractivity contribution in [3.63, 3.8) is 0 Å². The summed E-state index contributed by atoms with van der Waals surface area (Å²) < 4.78 is 11.1. The zero-order valence-corrected chi connectivity index (χ0v) is 15.8. The summed E-state index contributed by atoms with van der Waals surface area (Å²) in [5.74, 6) is 0.288. The highest BCUT2D eigenvalue weighted by Gasteiger charge is 2.42. The molecule has 2 aliphatic rings. The van der Waals surface area contributed by atoms with Crippen LogP contribution in [0.5, 0.6) is 0 Å². The summed E-state index contributed by atoms with van der Waals surface area (Å²) in [4.78, 5) is 28.8. The molecule has 2 aliphatic heterocycles. The lowest BCUT2D eigenvalue weighted by Gasteiger charge is -2.40. The highest BCUT2D eigenvalue weighted by Crippen LogP contribution is 2.32. The summed E-state index contributed by atoms with van der Waals surface area (Å²) in [6.45, 7) is 4.15. The molecule has 2 saturated heterocycles. The van der Waals surface area contributed by atoms with Gasteiger partial charge in [-0.3, -0.25) is 9.59 Å². The van der Waals surface area contributed by atoms with Crippen LogP contribution >= 0.6 is 0 Å². The Morgan fingerprint density at radius 3 is 2.65 bits per heavy atom. The summed E-state index contributed by atoms with van der Waals surface area (Å²) in [5, 5.41) is 0. The van der Waals surface area contributed by atoms with E-state index in [4.69, 9.17) is 9.47 Å². The fourth-order valence-electron chi connectivity index (χ4n) is 3.83. The van der Waals surface area contributed by atoms with Crippen LogP contribution in [-0.4, -0.2) is 68.2 Å². The molecule has 2 atom stereocenters. The molecule has 0 bridgehead atoms. The van der Waals surface area contributed by atoms with Crippen molar-refractivity contribution in [1.82, 2.24) is 9.80 Å². The minimum Gasteiger partial charge on any atom is -0.381 e. The average Bonchev–Trinajstić information content (AvgIpc) is 2.65. The second kappa shape index (κ2) is 8.18.